The van der Waals surface area contributed by atoms with Gasteiger partial charge in [0.1, 0.15) is 0 Å². The maximum absolute atomic E-state index is 11.9. The van der Waals surface area contributed by atoms with Crippen molar-refractivity contribution in [2.75, 3.05) is 6.54 Å². The predicted molar refractivity (Wildman–Crippen MR) is 77.0 cm³/mol. The van der Waals surface area contributed by atoms with Crippen LogP contribution in [0.3, 0.4) is 0 Å². The van der Waals surface area contributed by atoms with Gasteiger partial charge in [-0.1, -0.05) is 23.8 Å². The number of hydrogen-bond acceptors (Lipinski definition) is 3. The number of phenolic OH excluding ortho intramolecular Hbond substituents is 2. The van der Waals surface area contributed by atoms with Crippen molar-refractivity contribution < 1.29 is 15.0 Å². The first-order chi connectivity index (χ1) is 9.56. The molecule has 0 saturated heterocycles. The highest BCUT2D eigenvalue weighted by Crippen LogP contribution is 2.24. The van der Waals surface area contributed by atoms with Crippen LogP contribution in [0.1, 0.15) is 21.5 Å². The summed E-state index contributed by atoms with van der Waals surface area (Å²) in [7, 11) is 0. The molecule has 0 saturated carbocycles. The van der Waals surface area contributed by atoms with Crippen molar-refractivity contribution in [3.05, 3.63) is 59.2 Å². The highest BCUT2D eigenvalue weighted by molar-refractivity contribution is 5.94. The van der Waals surface area contributed by atoms with Crippen molar-refractivity contribution in [1.29, 1.82) is 0 Å². The van der Waals surface area contributed by atoms with Crippen molar-refractivity contribution >= 4 is 5.91 Å². The van der Waals surface area contributed by atoms with Gasteiger partial charge in [0.25, 0.3) is 5.91 Å². The van der Waals surface area contributed by atoms with E-state index in [0.29, 0.717) is 18.5 Å². The summed E-state index contributed by atoms with van der Waals surface area (Å²) in [6.45, 7) is 2.44. The van der Waals surface area contributed by atoms with Crippen LogP contribution >= 0.6 is 0 Å². The average Bonchev–Trinajstić information content (AvgIpc) is 2.43. The van der Waals surface area contributed by atoms with Crippen LogP contribution in [0.15, 0.2) is 42.5 Å². The number of phenols is 2. The Balaban J connectivity index is 1.87. The normalized spacial score (nSPS) is 10.2. The van der Waals surface area contributed by atoms with Crippen LogP contribution in [0, 0.1) is 6.92 Å². The Morgan fingerprint density at radius 1 is 1.05 bits per heavy atom. The lowest BCUT2D eigenvalue weighted by atomic mass is 10.1. The highest BCUT2D eigenvalue weighted by atomic mass is 16.3. The zero-order valence-corrected chi connectivity index (χ0v) is 11.3. The van der Waals surface area contributed by atoms with Gasteiger partial charge in [0.15, 0.2) is 11.5 Å². The molecule has 104 valence electrons. The van der Waals surface area contributed by atoms with Crippen molar-refractivity contribution in [2.24, 2.45) is 0 Å². The molecule has 4 heteroatoms. The Bertz CT molecular complexity index is 606. The molecular formula is C16H17NO3. The Morgan fingerprint density at radius 3 is 2.40 bits per heavy atom. The first-order valence-corrected chi connectivity index (χ1v) is 6.42. The largest absolute Gasteiger partial charge is 0.504 e. The smallest absolute Gasteiger partial charge is 0.251 e. The van der Waals surface area contributed by atoms with Gasteiger partial charge in [-0.3, -0.25) is 4.79 Å². The van der Waals surface area contributed by atoms with Gasteiger partial charge in [-0.2, -0.15) is 0 Å². The number of nitrogens with one attached hydrogen (secondary N) is 1. The molecule has 0 spiro atoms. The number of aryl methyl sites for hydroxylation is 1. The third-order valence-corrected chi connectivity index (χ3v) is 3.05. The monoisotopic (exact) mass is 271 g/mol. The molecule has 3 N–H and O–H groups in total. The first-order valence-electron chi connectivity index (χ1n) is 6.42. The van der Waals surface area contributed by atoms with Crippen molar-refractivity contribution in [3.8, 4) is 11.5 Å². The molecule has 0 aromatic heterocycles. The second-order valence-electron chi connectivity index (χ2n) is 4.69. The molecule has 0 aliphatic carbocycles. The molecule has 0 fully saturated rings. The van der Waals surface area contributed by atoms with Crippen LogP contribution in [0.2, 0.25) is 0 Å². The SMILES string of the molecule is Cc1ccc(C(=O)NCCc2ccc(O)c(O)c2)cc1. The molecule has 0 aliphatic rings. The molecule has 4 nitrogen and oxygen atoms in total. The van der Waals surface area contributed by atoms with E-state index < -0.39 is 0 Å². The lowest BCUT2D eigenvalue weighted by molar-refractivity contribution is 0.0954. The minimum atomic E-state index is -0.146. The molecule has 0 atom stereocenters. The van der Waals surface area contributed by atoms with E-state index >= 15 is 0 Å². The number of carbonyl (C=O) groups excluding carboxylic acids is 1. The summed E-state index contributed by atoms with van der Waals surface area (Å²) in [4.78, 5) is 11.9. The Kier molecular flexibility index (Phi) is 4.25. The van der Waals surface area contributed by atoms with Crippen LogP contribution in [-0.4, -0.2) is 22.7 Å². The molecule has 0 radical (unpaired) electrons. The summed E-state index contributed by atoms with van der Waals surface area (Å²) < 4.78 is 0. The lowest BCUT2D eigenvalue weighted by Crippen LogP contribution is -2.25. The van der Waals surface area contributed by atoms with E-state index in [1.807, 2.05) is 19.1 Å². The first kappa shape index (κ1) is 13.9. The maximum Gasteiger partial charge on any atom is 0.251 e. The van der Waals surface area contributed by atoms with Crippen LogP contribution in [0.5, 0.6) is 11.5 Å². The van der Waals surface area contributed by atoms with Gasteiger partial charge >= 0.3 is 0 Å². The van der Waals surface area contributed by atoms with E-state index in [9.17, 15) is 15.0 Å². The zero-order chi connectivity index (χ0) is 14.5. The van der Waals surface area contributed by atoms with Gasteiger partial charge in [-0.05, 0) is 43.2 Å². The van der Waals surface area contributed by atoms with Crippen LogP contribution in [0.4, 0.5) is 0 Å². The van der Waals surface area contributed by atoms with Gasteiger partial charge in [0.2, 0.25) is 0 Å². The summed E-state index contributed by atoms with van der Waals surface area (Å²) in [6, 6.07) is 12.0. The fraction of sp³-hybridized carbons (Fsp3) is 0.188. The fourth-order valence-electron chi connectivity index (χ4n) is 1.85. The number of benzene rings is 2. The number of carbonyl (C=O) groups is 1. The molecule has 20 heavy (non-hydrogen) atoms. The lowest BCUT2D eigenvalue weighted by Gasteiger charge is -2.06. The van der Waals surface area contributed by atoms with Crippen molar-refractivity contribution in [1.82, 2.24) is 5.32 Å². The Morgan fingerprint density at radius 2 is 1.75 bits per heavy atom. The summed E-state index contributed by atoms with van der Waals surface area (Å²) in [5.41, 5.74) is 2.59. The molecule has 0 unspecified atom stereocenters. The van der Waals surface area contributed by atoms with E-state index in [-0.39, 0.29) is 17.4 Å². The fourth-order valence-corrected chi connectivity index (χ4v) is 1.85. The minimum Gasteiger partial charge on any atom is -0.504 e. The Labute approximate surface area is 117 Å². The summed E-state index contributed by atoms with van der Waals surface area (Å²) in [6.07, 6.45) is 0.589. The molecule has 0 bridgehead atoms. The van der Waals surface area contributed by atoms with Gasteiger partial charge in [-0.15, -0.1) is 0 Å². The quantitative estimate of drug-likeness (QED) is 0.748. The van der Waals surface area contributed by atoms with Gasteiger partial charge in [-0.25, -0.2) is 0 Å². The van der Waals surface area contributed by atoms with Crippen LogP contribution in [0.25, 0.3) is 0 Å². The second kappa shape index (κ2) is 6.10. The average molecular weight is 271 g/mol. The van der Waals surface area contributed by atoms with Gasteiger partial charge in [0.05, 0.1) is 0 Å². The van der Waals surface area contributed by atoms with E-state index in [1.54, 1.807) is 18.2 Å². The zero-order valence-electron chi connectivity index (χ0n) is 11.3. The molecular weight excluding hydrogens is 254 g/mol. The number of rotatable bonds is 4. The third-order valence-electron chi connectivity index (χ3n) is 3.05. The van der Waals surface area contributed by atoms with Crippen LogP contribution < -0.4 is 5.32 Å². The van der Waals surface area contributed by atoms with E-state index in [0.717, 1.165) is 11.1 Å². The predicted octanol–water partition coefficient (Wildman–Crippen LogP) is 2.38. The molecule has 2 aromatic carbocycles. The summed E-state index contributed by atoms with van der Waals surface area (Å²) >= 11 is 0. The van der Waals surface area contributed by atoms with Crippen LogP contribution in [-0.2, 0) is 6.42 Å². The molecule has 2 rings (SSSR count). The highest BCUT2D eigenvalue weighted by Gasteiger charge is 2.05. The molecule has 1 amide bonds. The number of hydrogen-bond donors (Lipinski definition) is 3. The number of amides is 1. The Hall–Kier alpha value is -2.49. The van der Waals surface area contributed by atoms with Crippen molar-refractivity contribution in [3.63, 3.8) is 0 Å². The van der Waals surface area contributed by atoms with Gasteiger partial charge in [0, 0.05) is 12.1 Å². The molecule has 0 aliphatic heterocycles. The summed E-state index contributed by atoms with van der Waals surface area (Å²) in [5, 5.41) is 21.4. The second-order valence-corrected chi connectivity index (χ2v) is 4.69. The molecule has 0 heterocycles. The summed E-state index contributed by atoms with van der Waals surface area (Å²) in [5.74, 6) is -0.405. The molecule has 2 aromatic rings. The third kappa shape index (κ3) is 3.51. The number of aromatic hydroxyl groups is 2. The van der Waals surface area contributed by atoms with E-state index in [4.69, 9.17) is 0 Å². The van der Waals surface area contributed by atoms with E-state index in [1.165, 1.54) is 12.1 Å². The van der Waals surface area contributed by atoms with Crippen molar-refractivity contribution in [2.45, 2.75) is 13.3 Å². The standard InChI is InChI=1S/C16H17NO3/c1-11-2-5-13(6-3-11)16(20)17-9-8-12-4-7-14(18)15(19)10-12/h2-7,10,18-19H,8-9H2,1H3,(H,17,20). The van der Waals surface area contributed by atoms with E-state index in [2.05, 4.69) is 5.32 Å². The van der Waals surface area contributed by atoms with Gasteiger partial charge < -0.3 is 15.5 Å². The minimum absolute atomic E-state index is 0.118. The maximum atomic E-state index is 11.9. The topological polar surface area (TPSA) is 69.6 Å².